The van der Waals surface area contributed by atoms with Crippen molar-refractivity contribution in [2.24, 2.45) is 0 Å². The van der Waals surface area contributed by atoms with Gasteiger partial charge in [0.05, 0.1) is 33.7 Å². The van der Waals surface area contributed by atoms with E-state index in [1.54, 1.807) is 17.6 Å². The lowest BCUT2D eigenvalue weighted by atomic mass is 10.1. The number of carbonyl (C=O) groups excluding carboxylic acids is 1. The number of nitrogens with one attached hydrogen (secondary N) is 1. The Balaban J connectivity index is 1.76. The van der Waals surface area contributed by atoms with Crippen LogP contribution in [0.1, 0.15) is 20.9 Å². The summed E-state index contributed by atoms with van der Waals surface area (Å²) in [6.07, 6.45) is 2.60. The highest BCUT2D eigenvalue weighted by atomic mass is 32.2. The van der Waals surface area contributed by atoms with Crippen molar-refractivity contribution in [2.75, 3.05) is 11.6 Å². The normalized spacial score (nSPS) is 11.4. The van der Waals surface area contributed by atoms with E-state index in [0.717, 1.165) is 11.9 Å². The van der Waals surface area contributed by atoms with Crippen LogP contribution < -0.4 is 5.32 Å². The molecule has 3 aromatic rings. The number of anilines is 1. The molecule has 0 atom stereocenters. The fourth-order valence-corrected chi connectivity index (χ4v) is 3.96. The molecule has 0 aliphatic carbocycles. The van der Waals surface area contributed by atoms with Crippen LogP contribution in [-0.2, 0) is 16.4 Å². The summed E-state index contributed by atoms with van der Waals surface area (Å²) in [6, 6.07) is 6.02. The monoisotopic (exact) mass is 379 g/mol. The second-order valence-corrected chi connectivity index (χ2v) is 8.76. The van der Waals surface area contributed by atoms with E-state index in [1.807, 2.05) is 5.38 Å². The van der Waals surface area contributed by atoms with E-state index in [-0.39, 0.29) is 10.7 Å². The molecule has 6 nitrogen and oxygen atoms in total. The van der Waals surface area contributed by atoms with E-state index in [0.29, 0.717) is 22.1 Å². The largest absolute Gasteiger partial charge is 0.356 e. The lowest BCUT2D eigenvalue weighted by Crippen LogP contribution is -2.02. The molecule has 9 heteroatoms. The maximum atomic E-state index is 12.5. The molecule has 0 spiro atoms. The fraction of sp³-hybridized carbons (Fsp3) is 0.133. The average molecular weight is 379 g/mol. The van der Waals surface area contributed by atoms with Gasteiger partial charge in [0.2, 0.25) is 5.78 Å². The Kier molecular flexibility index (Phi) is 4.74. The van der Waals surface area contributed by atoms with Crippen molar-refractivity contribution in [3.05, 3.63) is 57.5 Å². The minimum Gasteiger partial charge on any atom is -0.356 e. The van der Waals surface area contributed by atoms with Crippen LogP contribution in [0.4, 0.5) is 5.13 Å². The molecule has 0 aliphatic heterocycles. The molecule has 124 valence electrons. The Morgan fingerprint density at radius 2 is 2.12 bits per heavy atom. The Labute approximate surface area is 147 Å². The summed E-state index contributed by atoms with van der Waals surface area (Å²) in [5, 5.41) is 5.66. The minimum atomic E-state index is -3.35. The van der Waals surface area contributed by atoms with Crippen LogP contribution >= 0.6 is 22.7 Å². The van der Waals surface area contributed by atoms with Crippen molar-refractivity contribution < 1.29 is 13.2 Å². The fourth-order valence-electron chi connectivity index (χ4n) is 1.96. The molecule has 0 radical (unpaired) electrons. The summed E-state index contributed by atoms with van der Waals surface area (Å²) in [5.41, 5.74) is 2.99. The van der Waals surface area contributed by atoms with Gasteiger partial charge in [-0.05, 0) is 12.1 Å². The van der Waals surface area contributed by atoms with E-state index >= 15 is 0 Å². The predicted molar refractivity (Wildman–Crippen MR) is 94.5 cm³/mol. The highest BCUT2D eigenvalue weighted by Crippen LogP contribution is 2.23. The second kappa shape index (κ2) is 6.80. The summed E-state index contributed by atoms with van der Waals surface area (Å²) >= 11 is 2.74. The van der Waals surface area contributed by atoms with E-state index in [1.165, 1.54) is 41.0 Å². The molecule has 3 rings (SSSR count). The van der Waals surface area contributed by atoms with E-state index in [2.05, 4.69) is 15.3 Å². The molecule has 0 aliphatic rings. The quantitative estimate of drug-likeness (QED) is 0.663. The van der Waals surface area contributed by atoms with E-state index in [9.17, 15) is 13.2 Å². The maximum Gasteiger partial charge on any atom is 0.204 e. The number of carbonyl (C=O) groups is 1. The van der Waals surface area contributed by atoms with Crippen molar-refractivity contribution in [2.45, 2.75) is 11.4 Å². The number of ketones is 1. The number of nitrogens with zero attached hydrogens (tertiary/aromatic N) is 2. The molecule has 0 bridgehead atoms. The van der Waals surface area contributed by atoms with Gasteiger partial charge in [-0.25, -0.2) is 18.4 Å². The summed E-state index contributed by atoms with van der Waals surface area (Å²) in [7, 11) is -3.35. The third kappa shape index (κ3) is 3.86. The van der Waals surface area contributed by atoms with E-state index < -0.39 is 9.84 Å². The molecule has 0 fully saturated rings. The number of sulfone groups is 1. The van der Waals surface area contributed by atoms with Crippen molar-refractivity contribution in [1.29, 1.82) is 0 Å². The molecule has 24 heavy (non-hydrogen) atoms. The first-order valence-corrected chi connectivity index (χ1v) is 10.5. The van der Waals surface area contributed by atoms with Gasteiger partial charge in [0, 0.05) is 17.2 Å². The van der Waals surface area contributed by atoms with Crippen LogP contribution in [0.5, 0.6) is 0 Å². The number of aromatic nitrogens is 2. The van der Waals surface area contributed by atoms with Crippen molar-refractivity contribution in [3.63, 3.8) is 0 Å². The highest BCUT2D eigenvalue weighted by Gasteiger charge is 2.16. The first kappa shape index (κ1) is 16.7. The summed E-state index contributed by atoms with van der Waals surface area (Å²) in [5.74, 6) is -0.250. The van der Waals surface area contributed by atoms with Gasteiger partial charge in [-0.15, -0.1) is 11.3 Å². The molecule has 0 unspecified atom stereocenters. The first-order valence-electron chi connectivity index (χ1n) is 6.85. The summed E-state index contributed by atoms with van der Waals surface area (Å²) < 4.78 is 23.2. The van der Waals surface area contributed by atoms with Crippen molar-refractivity contribution >= 4 is 43.4 Å². The maximum absolute atomic E-state index is 12.5. The van der Waals surface area contributed by atoms with Crippen LogP contribution in [0.3, 0.4) is 0 Å². The molecular formula is C15H13N3O3S3. The molecule has 0 saturated heterocycles. The SMILES string of the molecule is CS(=O)(=O)c1cccc(C(=O)c2cnc(NCc3cscn3)s2)c1. The lowest BCUT2D eigenvalue weighted by molar-refractivity contribution is 0.104. The average Bonchev–Trinajstić information content (AvgIpc) is 3.23. The number of benzene rings is 1. The van der Waals surface area contributed by atoms with Crippen LogP contribution in [-0.4, -0.2) is 30.4 Å². The Bertz CT molecular complexity index is 963. The zero-order valence-electron chi connectivity index (χ0n) is 12.6. The zero-order chi connectivity index (χ0) is 17.2. The lowest BCUT2D eigenvalue weighted by Gasteiger charge is -2.02. The number of hydrogen-bond acceptors (Lipinski definition) is 8. The van der Waals surface area contributed by atoms with Crippen LogP contribution in [0.25, 0.3) is 0 Å². The van der Waals surface area contributed by atoms with Gasteiger partial charge in [-0.2, -0.15) is 0 Å². The van der Waals surface area contributed by atoms with E-state index in [4.69, 9.17) is 0 Å². The van der Waals surface area contributed by atoms with Gasteiger partial charge in [0.1, 0.15) is 0 Å². The van der Waals surface area contributed by atoms with Gasteiger partial charge in [-0.3, -0.25) is 4.79 Å². The molecule has 1 N–H and O–H groups in total. The zero-order valence-corrected chi connectivity index (χ0v) is 15.0. The van der Waals surface area contributed by atoms with Crippen molar-refractivity contribution in [3.8, 4) is 0 Å². The molecule has 2 heterocycles. The van der Waals surface area contributed by atoms with Gasteiger partial charge >= 0.3 is 0 Å². The summed E-state index contributed by atoms with van der Waals surface area (Å²) in [4.78, 5) is 21.4. The smallest absolute Gasteiger partial charge is 0.204 e. The Morgan fingerprint density at radius 3 is 2.83 bits per heavy atom. The third-order valence-electron chi connectivity index (χ3n) is 3.16. The first-order chi connectivity index (χ1) is 11.4. The van der Waals surface area contributed by atoms with Crippen LogP contribution in [0.2, 0.25) is 0 Å². The molecular weight excluding hydrogens is 366 g/mol. The molecule has 0 amide bonds. The molecule has 2 aromatic heterocycles. The standard InChI is InChI=1S/C15H13N3O3S3/c1-24(20,21)12-4-2-3-10(5-12)14(19)13-7-17-15(23-13)16-6-11-8-22-9-18-11/h2-5,7-9H,6H2,1H3,(H,16,17). The third-order valence-corrected chi connectivity index (χ3v) is 5.86. The highest BCUT2D eigenvalue weighted by molar-refractivity contribution is 7.90. The Morgan fingerprint density at radius 1 is 1.29 bits per heavy atom. The molecule has 0 saturated carbocycles. The topological polar surface area (TPSA) is 89.0 Å². The predicted octanol–water partition coefficient (Wildman–Crippen LogP) is 2.85. The van der Waals surface area contributed by atoms with Crippen LogP contribution in [0.15, 0.2) is 46.2 Å². The van der Waals surface area contributed by atoms with Gasteiger partial charge in [0.25, 0.3) is 0 Å². The van der Waals surface area contributed by atoms with Gasteiger partial charge in [0.15, 0.2) is 15.0 Å². The van der Waals surface area contributed by atoms with Crippen LogP contribution in [0, 0.1) is 0 Å². The minimum absolute atomic E-state index is 0.125. The number of hydrogen-bond donors (Lipinski definition) is 1. The Hall–Kier alpha value is -2.10. The molecule has 1 aromatic carbocycles. The van der Waals surface area contributed by atoms with Crippen molar-refractivity contribution in [1.82, 2.24) is 9.97 Å². The van der Waals surface area contributed by atoms with Gasteiger partial charge in [-0.1, -0.05) is 23.5 Å². The summed E-state index contributed by atoms with van der Waals surface area (Å²) in [6.45, 7) is 0.536. The second-order valence-electron chi connectivity index (χ2n) is 4.99. The van der Waals surface area contributed by atoms with Gasteiger partial charge < -0.3 is 5.32 Å². The number of thiazole rings is 2. The number of rotatable bonds is 6.